The van der Waals surface area contributed by atoms with Gasteiger partial charge in [0, 0.05) is 12.3 Å². The molecule has 2 rings (SSSR count). The molecule has 2 aliphatic rings. The molecule has 2 fully saturated rings. The third-order valence-corrected chi connectivity index (χ3v) is 3.65. The maximum Gasteiger partial charge on any atom is 0.306 e. The normalized spacial score (nSPS) is 37.7. The number of ether oxygens (including phenoxy) is 1. The van der Waals surface area contributed by atoms with E-state index in [1.807, 2.05) is 0 Å². The first-order chi connectivity index (χ1) is 6.07. The van der Waals surface area contributed by atoms with Gasteiger partial charge in [0.25, 0.3) is 10.1 Å². The van der Waals surface area contributed by atoms with Crippen molar-refractivity contribution in [2.75, 3.05) is 12.4 Å². The van der Waals surface area contributed by atoms with E-state index in [-0.39, 0.29) is 30.4 Å². The van der Waals surface area contributed by atoms with E-state index in [0.717, 1.165) is 0 Å². The lowest BCUT2D eigenvalue weighted by molar-refractivity contribution is -0.143. The van der Waals surface area contributed by atoms with Gasteiger partial charge in [0.05, 0.1) is 12.4 Å². The van der Waals surface area contributed by atoms with Crippen molar-refractivity contribution in [3.63, 3.8) is 0 Å². The van der Waals surface area contributed by atoms with Crippen LogP contribution >= 0.6 is 0 Å². The van der Waals surface area contributed by atoms with E-state index in [1.54, 1.807) is 0 Å². The molecule has 0 aromatic carbocycles. The molecule has 6 heteroatoms. The summed E-state index contributed by atoms with van der Waals surface area (Å²) in [6.07, 6.45) is 0.744. The molecule has 0 amide bonds. The second-order valence-electron chi connectivity index (χ2n) is 3.34. The van der Waals surface area contributed by atoms with Crippen LogP contribution in [0, 0.1) is 5.92 Å². The lowest BCUT2D eigenvalue weighted by Gasteiger charge is -2.12. The van der Waals surface area contributed by atoms with Gasteiger partial charge in [-0.25, -0.2) is 0 Å². The van der Waals surface area contributed by atoms with E-state index >= 15 is 0 Å². The molecule has 2 unspecified atom stereocenters. The molecular formula is C7H10O5S. The van der Waals surface area contributed by atoms with Crippen LogP contribution in [-0.2, 0) is 23.8 Å². The SMILES string of the molecule is O=C1CCC(C2COS(=O)(=O)C2)O1. The van der Waals surface area contributed by atoms with Gasteiger partial charge in [-0.05, 0) is 6.42 Å². The number of carbonyl (C=O) groups is 1. The van der Waals surface area contributed by atoms with Crippen LogP contribution in [0.3, 0.4) is 0 Å². The summed E-state index contributed by atoms with van der Waals surface area (Å²) in [5, 5.41) is 0. The van der Waals surface area contributed by atoms with Crippen molar-refractivity contribution >= 4 is 16.1 Å². The van der Waals surface area contributed by atoms with Crippen LogP contribution in [-0.4, -0.2) is 32.9 Å². The molecule has 2 aliphatic heterocycles. The summed E-state index contributed by atoms with van der Waals surface area (Å²) in [7, 11) is -3.34. The zero-order chi connectivity index (χ0) is 9.47. The van der Waals surface area contributed by atoms with Crippen molar-refractivity contribution in [1.29, 1.82) is 0 Å². The quantitative estimate of drug-likeness (QED) is 0.434. The van der Waals surface area contributed by atoms with Gasteiger partial charge in [-0.3, -0.25) is 8.98 Å². The molecule has 0 aromatic heterocycles. The highest BCUT2D eigenvalue weighted by molar-refractivity contribution is 7.86. The van der Waals surface area contributed by atoms with Gasteiger partial charge in [-0.15, -0.1) is 0 Å². The average Bonchev–Trinajstić information content (AvgIpc) is 2.56. The largest absolute Gasteiger partial charge is 0.462 e. The second kappa shape index (κ2) is 2.95. The minimum absolute atomic E-state index is 0.0229. The highest BCUT2D eigenvalue weighted by atomic mass is 32.2. The smallest absolute Gasteiger partial charge is 0.306 e. The van der Waals surface area contributed by atoms with Crippen LogP contribution in [0.4, 0.5) is 0 Å². The van der Waals surface area contributed by atoms with Gasteiger partial charge in [0.2, 0.25) is 0 Å². The minimum atomic E-state index is -3.34. The summed E-state index contributed by atoms with van der Waals surface area (Å²) >= 11 is 0. The summed E-state index contributed by atoms with van der Waals surface area (Å²) in [6, 6.07) is 0. The van der Waals surface area contributed by atoms with Gasteiger partial charge in [-0.1, -0.05) is 0 Å². The highest BCUT2D eigenvalue weighted by Crippen LogP contribution is 2.27. The van der Waals surface area contributed by atoms with Crippen molar-refractivity contribution in [3.8, 4) is 0 Å². The molecule has 2 saturated heterocycles. The highest BCUT2D eigenvalue weighted by Gasteiger charge is 2.39. The fourth-order valence-corrected chi connectivity index (χ4v) is 2.96. The minimum Gasteiger partial charge on any atom is -0.462 e. The van der Waals surface area contributed by atoms with E-state index < -0.39 is 10.1 Å². The monoisotopic (exact) mass is 206 g/mol. The van der Waals surface area contributed by atoms with Crippen LogP contribution in [0.1, 0.15) is 12.8 Å². The molecule has 0 aliphatic carbocycles. The Hall–Kier alpha value is -0.620. The number of hydrogen-bond donors (Lipinski definition) is 0. The number of hydrogen-bond acceptors (Lipinski definition) is 5. The summed E-state index contributed by atoms with van der Waals surface area (Å²) in [6.45, 7) is 0.153. The van der Waals surface area contributed by atoms with Gasteiger partial charge < -0.3 is 4.74 Å². The van der Waals surface area contributed by atoms with Crippen molar-refractivity contribution in [2.24, 2.45) is 5.92 Å². The second-order valence-corrected chi connectivity index (χ2v) is 5.02. The van der Waals surface area contributed by atoms with Gasteiger partial charge >= 0.3 is 5.97 Å². The predicted octanol–water partition coefficient (Wildman–Crippen LogP) is -0.332. The first kappa shape index (κ1) is 8.96. The Labute approximate surface area is 76.1 Å². The van der Waals surface area contributed by atoms with E-state index in [0.29, 0.717) is 12.8 Å². The standard InChI is InChI=1S/C7H10O5S/c8-7-2-1-6(12-7)5-3-11-13(9,10)4-5/h5-6H,1-4H2. The van der Waals surface area contributed by atoms with Gasteiger partial charge in [0.1, 0.15) is 6.10 Å². The zero-order valence-corrected chi connectivity index (χ0v) is 7.75. The number of carbonyl (C=O) groups excluding carboxylic acids is 1. The predicted molar refractivity (Wildman–Crippen MR) is 42.3 cm³/mol. The molecule has 0 N–H and O–H groups in total. The van der Waals surface area contributed by atoms with Crippen LogP contribution in [0.2, 0.25) is 0 Å². The number of cyclic esters (lactones) is 1. The summed E-state index contributed by atoms with van der Waals surface area (Å²) in [5.41, 5.74) is 0. The Balaban J connectivity index is 2.00. The Morgan fingerprint density at radius 2 is 2.15 bits per heavy atom. The van der Waals surface area contributed by atoms with Crippen molar-refractivity contribution in [3.05, 3.63) is 0 Å². The van der Waals surface area contributed by atoms with Crippen LogP contribution in [0.15, 0.2) is 0 Å². The molecule has 0 radical (unpaired) electrons. The summed E-state index contributed by atoms with van der Waals surface area (Å²) in [5.74, 6) is -0.434. The molecule has 2 heterocycles. The van der Waals surface area contributed by atoms with Crippen LogP contribution < -0.4 is 0 Å². The maximum absolute atomic E-state index is 10.9. The van der Waals surface area contributed by atoms with Gasteiger partial charge in [0.15, 0.2) is 0 Å². The molecule has 13 heavy (non-hydrogen) atoms. The molecule has 5 nitrogen and oxygen atoms in total. The first-order valence-electron chi connectivity index (χ1n) is 4.13. The lowest BCUT2D eigenvalue weighted by Crippen LogP contribution is -2.23. The lowest BCUT2D eigenvalue weighted by atomic mass is 10.0. The Bertz CT molecular complexity index is 320. The molecular weight excluding hydrogens is 196 g/mol. The topological polar surface area (TPSA) is 69.7 Å². The number of rotatable bonds is 1. The van der Waals surface area contributed by atoms with Crippen molar-refractivity contribution in [1.82, 2.24) is 0 Å². The zero-order valence-electron chi connectivity index (χ0n) is 6.93. The molecule has 0 spiro atoms. The van der Waals surface area contributed by atoms with E-state index in [1.165, 1.54) is 0 Å². The van der Waals surface area contributed by atoms with Crippen LogP contribution in [0.5, 0.6) is 0 Å². The first-order valence-corrected chi connectivity index (χ1v) is 5.71. The molecule has 0 bridgehead atoms. The van der Waals surface area contributed by atoms with Gasteiger partial charge in [-0.2, -0.15) is 8.42 Å². The van der Waals surface area contributed by atoms with E-state index in [4.69, 9.17) is 4.74 Å². The fourth-order valence-electron chi connectivity index (χ4n) is 1.64. The van der Waals surface area contributed by atoms with Crippen molar-refractivity contribution in [2.45, 2.75) is 18.9 Å². The third kappa shape index (κ3) is 1.83. The Kier molecular flexibility index (Phi) is 2.03. The molecule has 0 aromatic rings. The van der Waals surface area contributed by atoms with Crippen LogP contribution in [0.25, 0.3) is 0 Å². The third-order valence-electron chi connectivity index (χ3n) is 2.32. The fraction of sp³-hybridized carbons (Fsp3) is 0.857. The van der Waals surface area contributed by atoms with E-state index in [9.17, 15) is 13.2 Å². The Morgan fingerprint density at radius 3 is 2.62 bits per heavy atom. The average molecular weight is 206 g/mol. The van der Waals surface area contributed by atoms with E-state index in [2.05, 4.69) is 4.18 Å². The Morgan fingerprint density at radius 1 is 1.38 bits per heavy atom. The summed E-state index contributed by atoms with van der Waals surface area (Å²) in [4.78, 5) is 10.8. The molecule has 0 saturated carbocycles. The molecule has 2 atom stereocenters. The summed E-state index contributed by atoms with van der Waals surface area (Å²) < 4.78 is 31.4. The van der Waals surface area contributed by atoms with Crippen molar-refractivity contribution < 1.29 is 22.1 Å². The maximum atomic E-state index is 10.9. The molecule has 74 valence electrons. The number of esters is 1.